The van der Waals surface area contributed by atoms with Crippen LogP contribution in [0.5, 0.6) is 11.5 Å². The zero-order valence-corrected chi connectivity index (χ0v) is 16.1. The highest BCUT2D eigenvalue weighted by atomic mass is 32.2. The predicted octanol–water partition coefficient (Wildman–Crippen LogP) is 4.22. The minimum atomic E-state index is 0.00445. The van der Waals surface area contributed by atoms with Gasteiger partial charge >= 0.3 is 0 Å². The molecule has 1 aliphatic rings. The monoisotopic (exact) mass is 371 g/mol. The summed E-state index contributed by atoms with van der Waals surface area (Å²) in [6, 6.07) is 13.4. The number of likely N-dealkylation sites (tertiary alicyclic amines) is 1. The van der Waals surface area contributed by atoms with Crippen molar-refractivity contribution in [2.45, 2.75) is 24.3 Å². The van der Waals surface area contributed by atoms with Crippen molar-refractivity contribution >= 4 is 17.5 Å². The van der Waals surface area contributed by atoms with Crippen molar-refractivity contribution in [3.63, 3.8) is 0 Å². The van der Waals surface area contributed by atoms with E-state index < -0.39 is 0 Å². The molecule has 1 heterocycles. The van der Waals surface area contributed by atoms with Crippen LogP contribution >= 0.6 is 11.8 Å². The predicted molar refractivity (Wildman–Crippen MR) is 105 cm³/mol. The fourth-order valence-electron chi connectivity index (χ4n) is 3.58. The quantitative estimate of drug-likeness (QED) is 0.609. The van der Waals surface area contributed by atoms with Gasteiger partial charge in [-0.3, -0.25) is 9.69 Å². The van der Waals surface area contributed by atoms with Crippen molar-refractivity contribution in [3.8, 4) is 11.5 Å². The maximum Gasteiger partial charge on any atom is 0.168 e. The van der Waals surface area contributed by atoms with Crippen molar-refractivity contribution in [2.75, 3.05) is 26.5 Å². The largest absolute Gasteiger partial charge is 0.504 e. The summed E-state index contributed by atoms with van der Waals surface area (Å²) >= 11 is 1.62. The molecule has 4 nitrogen and oxygen atoms in total. The van der Waals surface area contributed by atoms with Crippen molar-refractivity contribution < 1.29 is 14.6 Å². The fraction of sp³-hybridized carbons (Fsp3) is 0.381. The molecule has 1 aliphatic heterocycles. The Labute approximate surface area is 159 Å². The number of benzene rings is 2. The minimum Gasteiger partial charge on any atom is -0.504 e. The molecule has 1 fully saturated rings. The van der Waals surface area contributed by atoms with E-state index in [-0.39, 0.29) is 17.5 Å². The smallest absolute Gasteiger partial charge is 0.168 e. The maximum atomic E-state index is 13.0. The third-order valence-electron chi connectivity index (χ3n) is 4.95. The Kier molecular flexibility index (Phi) is 6.22. The van der Waals surface area contributed by atoms with Gasteiger partial charge in [-0.15, -0.1) is 11.8 Å². The number of carbonyl (C=O) groups excluding carboxylic acids is 1. The highest BCUT2D eigenvalue weighted by Gasteiger charge is 2.28. The van der Waals surface area contributed by atoms with Crippen LogP contribution in [-0.4, -0.2) is 42.2 Å². The molecule has 5 heteroatoms. The summed E-state index contributed by atoms with van der Waals surface area (Å²) in [5, 5.41) is 10.3. The molecule has 1 N–H and O–H groups in total. The van der Waals surface area contributed by atoms with Gasteiger partial charge in [0, 0.05) is 35.0 Å². The Bertz CT molecular complexity index is 778. The molecule has 0 saturated carbocycles. The number of nitrogens with zero attached hydrogens (tertiary/aromatic N) is 1. The Morgan fingerprint density at radius 1 is 1.27 bits per heavy atom. The van der Waals surface area contributed by atoms with Crippen LogP contribution in [0, 0.1) is 5.92 Å². The van der Waals surface area contributed by atoms with E-state index in [0.717, 1.165) is 42.0 Å². The standard InChI is InChI=1S/C21H25NO3S/c1-25-18-10-5-7-16(21(18)24)14-22-12-6-8-15(13-22)20(23)17-9-3-4-11-19(17)26-2/h3-5,7,9-11,15,24H,6,8,12-14H2,1-2H3/t15-/m1/s1. The van der Waals surface area contributed by atoms with Crippen LogP contribution in [0.2, 0.25) is 0 Å². The van der Waals surface area contributed by atoms with E-state index >= 15 is 0 Å². The zero-order valence-electron chi connectivity index (χ0n) is 15.3. The molecule has 0 bridgehead atoms. The summed E-state index contributed by atoms with van der Waals surface area (Å²) in [5.41, 5.74) is 1.66. The van der Waals surface area contributed by atoms with Crippen LogP contribution in [0.25, 0.3) is 0 Å². The van der Waals surface area contributed by atoms with Gasteiger partial charge in [0.15, 0.2) is 17.3 Å². The van der Waals surface area contributed by atoms with Gasteiger partial charge in [-0.1, -0.05) is 30.3 Å². The molecule has 26 heavy (non-hydrogen) atoms. The zero-order chi connectivity index (χ0) is 18.5. The van der Waals surface area contributed by atoms with Crippen molar-refractivity contribution in [1.82, 2.24) is 4.90 Å². The lowest BCUT2D eigenvalue weighted by molar-refractivity contribution is 0.0807. The average Bonchev–Trinajstić information content (AvgIpc) is 2.69. The molecule has 0 amide bonds. The first-order valence-electron chi connectivity index (χ1n) is 8.88. The highest BCUT2D eigenvalue weighted by Crippen LogP contribution is 2.32. The number of hydrogen-bond donors (Lipinski definition) is 1. The van der Waals surface area contributed by atoms with Crippen LogP contribution in [-0.2, 0) is 6.54 Å². The first kappa shape index (κ1) is 18.8. The first-order valence-corrected chi connectivity index (χ1v) is 10.1. The Hall–Kier alpha value is -1.98. The van der Waals surface area contributed by atoms with E-state index in [4.69, 9.17) is 4.74 Å². The normalized spacial score (nSPS) is 17.8. The van der Waals surface area contributed by atoms with Gasteiger partial charge in [0.1, 0.15) is 0 Å². The van der Waals surface area contributed by atoms with Crippen LogP contribution in [0.1, 0.15) is 28.8 Å². The van der Waals surface area contributed by atoms with E-state index in [9.17, 15) is 9.90 Å². The second-order valence-electron chi connectivity index (χ2n) is 6.61. The van der Waals surface area contributed by atoms with Gasteiger partial charge in [-0.05, 0) is 37.8 Å². The molecule has 1 saturated heterocycles. The number of ether oxygens (including phenoxy) is 1. The number of hydrogen-bond acceptors (Lipinski definition) is 5. The SMILES string of the molecule is COc1cccc(CN2CCC[C@@H](C(=O)c3ccccc3SC)C2)c1O. The van der Waals surface area contributed by atoms with Crippen molar-refractivity contribution in [3.05, 3.63) is 53.6 Å². The van der Waals surface area contributed by atoms with Crippen LogP contribution in [0.3, 0.4) is 0 Å². The second-order valence-corrected chi connectivity index (χ2v) is 7.45. The Morgan fingerprint density at radius 2 is 2.08 bits per heavy atom. The number of thioether (sulfide) groups is 1. The molecule has 3 rings (SSSR count). The number of methoxy groups -OCH3 is 1. The topological polar surface area (TPSA) is 49.8 Å². The van der Waals surface area contributed by atoms with Gasteiger partial charge in [0.25, 0.3) is 0 Å². The highest BCUT2D eigenvalue weighted by molar-refractivity contribution is 7.98. The summed E-state index contributed by atoms with van der Waals surface area (Å²) in [6.45, 7) is 2.28. The molecular weight excluding hydrogens is 346 g/mol. The first-order chi connectivity index (χ1) is 12.6. The molecule has 0 radical (unpaired) electrons. The van der Waals surface area contributed by atoms with E-state index in [1.807, 2.05) is 42.7 Å². The molecule has 0 aliphatic carbocycles. The maximum absolute atomic E-state index is 13.0. The number of aromatic hydroxyl groups is 1. The molecule has 0 aromatic heterocycles. The number of ketones is 1. The number of phenols is 1. The Balaban J connectivity index is 1.72. The van der Waals surface area contributed by atoms with Gasteiger partial charge in [-0.25, -0.2) is 0 Å². The number of para-hydroxylation sites is 1. The van der Waals surface area contributed by atoms with Crippen LogP contribution < -0.4 is 4.74 Å². The molecule has 2 aromatic rings. The van der Waals surface area contributed by atoms with Crippen LogP contribution in [0.15, 0.2) is 47.4 Å². The average molecular weight is 372 g/mol. The van der Waals surface area contributed by atoms with Gasteiger partial charge < -0.3 is 9.84 Å². The summed E-state index contributed by atoms with van der Waals surface area (Å²) in [6.07, 6.45) is 3.91. The number of rotatable bonds is 6. The molecular formula is C21H25NO3S. The van der Waals surface area contributed by atoms with Crippen molar-refractivity contribution in [2.24, 2.45) is 5.92 Å². The minimum absolute atomic E-state index is 0.00445. The summed E-state index contributed by atoms with van der Waals surface area (Å²) in [4.78, 5) is 16.3. The van der Waals surface area contributed by atoms with E-state index in [2.05, 4.69) is 4.90 Å². The third-order valence-corrected chi connectivity index (χ3v) is 5.74. The Morgan fingerprint density at radius 3 is 2.85 bits per heavy atom. The lowest BCUT2D eigenvalue weighted by atomic mass is 9.89. The van der Waals surface area contributed by atoms with Gasteiger partial charge in [0.2, 0.25) is 0 Å². The second kappa shape index (κ2) is 8.60. The van der Waals surface area contributed by atoms with Gasteiger partial charge in [-0.2, -0.15) is 0 Å². The number of carbonyl (C=O) groups is 1. The lowest BCUT2D eigenvalue weighted by Gasteiger charge is -2.32. The number of piperidine rings is 1. The number of phenolic OH excluding ortho intramolecular Hbond substituents is 1. The molecule has 1 atom stereocenters. The van der Waals surface area contributed by atoms with Gasteiger partial charge in [0.05, 0.1) is 7.11 Å². The summed E-state index contributed by atoms with van der Waals surface area (Å²) in [5.74, 6) is 0.913. The van der Waals surface area contributed by atoms with E-state index in [1.54, 1.807) is 24.9 Å². The van der Waals surface area contributed by atoms with Crippen LogP contribution in [0.4, 0.5) is 0 Å². The lowest BCUT2D eigenvalue weighted by Crippen LogP contribution is -2.38. The molecule has 0 unspecified atom stereocenters. The molecule has 138 valence electrons. The summed E-state index contributed by atoms with van der Waals surface area (Å²) in [7, 11) is 1.55. The third kappa shape index (κ3) is 4.05. The molecule has 2 aromatic carbocycles. The van der Waals surface area contributed by atoms with E-state index in [0.29, 0.717) is 12.3 Å². The van der Waals surface area contributed by atoms with E-state index in [1.165, 1.54) is 0 Å². The van der Waals surface area contributed by atoms with Crippen molar-refractivity contribution in [1.29, 1.82) is 0 Å². The molecule has 0 spiro atoms. The number of Topliss-reactive ketones (excluding diaryl/α,β-unsaturated/α-hetero) is 1. The fourth-order valence-corrected chi connectivity index (χ4v) is 4.19. The summed E-state index contributed by atoms with van der Waals surface area (Å²) < 4.78 is 5.19.